The Bertz CT molecular complexity index is 1040. The predicted molar refractivity (Wildman–Crippen MR) is 97.2 cm³/mol. The second kappa shape index (κ2) is 6.21. The molecule has 0 saturated heterocycles. The zero-order chi connectivity index (χ0) is 17.2. The Kier molecular flexibility index (Phi) is 3.75. The van der Waals surface area contributed by atoms with Crippen LogP contribution in [0.25, 0.3) is 22.2 Å². The largest absolute Gasteiger partial charge is 0.392 e. The van der Waals surface area contributed by atoms with Crippen molar-refractivity contribution in [2.24, 2.45) is 0 Å². The molecule has 0 aliphatic carbocycles. The maximum absolute atomic E-state index is 9.34. The number of rotatable bonds is 4. The molecule has 25 heavy (non-hydrogen) atoms. The molecule has 7 heteroatoms. The lowest BCUT2D eigenvalue weighted by molar-refractivity contribution is 0.282. The van der Waals surface area contributed by atoms with E-state index in [9.17, 15) is 5.11 Å². The van der Waals surface area contributed by atoms with Crippen molar-refractivity contribution in [2.45, 2.75) is 6.61 Å². The highest BCUT2D eigenvalue weighted by molar-refractivity contribution is 5.95. The standard InChI is InChI=1S/C18H16N6O/c19-18-20-7-6-16(22-18)21-13-4-5-15-14(9-13)17(24-23-15)12-3-1-2-11(8-12)10-25/h1-9,25H,10H2,(H,23,24)(H3,19,20,21,22). The summed E-state index contributed by atoms with van der Waals surface area (Å²) in [6.07, 6.45) is 1.60. The molecule has 2 aromatic heterocycles. The number of nitrogens with zero attached hydrogens (tertiary/aromatic N) is 3. The fourth-order valence-corrected chi connectivity index (χ4v) is 2.72. The van der Waals surface area contributed by atoms with Gasteiger partial charge >= 0.3 is 0 Å². The lowest BCUT2D eigenvalue weighted by Gasteiger charge is -2.06. The summed E-state index contributed by atoms with van der Waals surface area (Å²) in [4.78, 5) is 8.03. The monoisotopic (exact) mass is 332 g/mol. The molecule has 0 saturated carbocycles. The highest BCUT2D eigenvalue weighted by Crippen LogP contribution is 2.29. The number of fused-ring (bicyclic) bond motifs is 1. The van der Waals surface area contributed by atoms with Crippen molar-refractivity contribution >= 4 is 28.4 Å². The molecule has 0 aliphatic heterocycles. The second-order valence-electron chi connectivity index (χ2n) is 5.62. The van der Waals surface area contributed by atoms with Crippen LogP contribution in [-0.4, -0.2) is 25.3 Å². The maximum Gasteiger partial charge on any atom is 0.221 e. The minimum absolute atomic E-state index is 0.00185. The molecular weight excluding hydrogens is 316 g/mol. The maximum atomic E-state index is 9.34. The summed E-state index contributed by atoms with van der Waals surface area (Å²) in [5.74, 6) is 0.843. The van der Waals surface area contributed by atoms with E-state index in [0.29, 0.717) is 5.82 Å². The lowest BCUT2D eigenvalue weighted by Crippen LogP contribution is -1.98. The lowest BCUT2D eigenvalue weighted by atomic mass is 10.0. The van der Waals surface area contributed by atoms with Crippen LogP contribution >= 0.6 is 0 Å². The van der Waals surface area contributed by atoms with Gasteiger partial charge in [0.2, 0.25) is 5.95 Å². The quantitative estimate of drug-likeness (QED) is 0.457. The van der Waals surface area contributed by atoms with E-state index in [-0.39, 0.29) is 12.6 Å². The van der Waals surface area contributed by atoms with Gasteiger partial charge in [-0.15, -0.1) is 0 Å². The molecule has 0 unspecified atom stereocenters. The van der Waals surface area contributed by atoms with Crippen LogP contribution in [0, 0.1) is 0 Å². The topological polar surface area (TPSA) is 113 Å². The Morgan fingerprint density at radius 1 is 1.12 bits per heavy atom. The van der Waals surface area contributed by atoms with Crippen LogP contribution < -0.4 is 11.1 Å². The molecule has 0 atom stereocenters. The number of benzene rings is 2. The summed E-state index contributed by atoms with van der Waals surface area (Å²) in [5.41, 5.74) is 10.0. The number of hydrogen-bond acceptors (Lipinski definition) is 6. The normalized spacial score (nSPS) is 10.9. The molecule has 0 aliphatic rings. The van der Waals surface area contributed by atoms with Crippen LogP contribution in [0.4, 0.5) is 17.5 Å². The van der Waals surface area contributed by atoms with Crippen LogP contribution in [0.1, 0.15) is 5.56 Å². The number of aliphatic hydroxyl groups excluding tert-OH is 1. The van der Waals surface area contributed by atoms with Gasteiger partial charge < -0.3 is 16.2 Å². The van der Waals surface area contributed by atoms with Crippen molar-refractivity contribution < 1.29 is 5.11 Å². The molecule has 0 fully saturated rings. The van der Waals surface area contributed by atoms with E-state index in [1.165, 1.54) is 0 Å². The van der Waals surface area contributed by atoms with Crippen LogP contribution in [0.2, 0.25) is 0 Å². The predicted octanol–water partition coefficient (Wildman–Crippen LogP) is 2.84. The molecule has 0 spiro atoms. The first-order valence-corrected chi connectivity index (χ1v) is 7.77. The van der Waals surface area contributed by atoms with Gasteiger partial charge in [0, 0.05) is 22.8 Å². The van der Waals surface area contributed by atoms with Crippen LogP contribution in [0.3, 0.4) is 0 Å². The minimum atomic E-state index is -0.00185. The smallest absolute Gasteiger partial charge is 0.221 e. The summed E-state index contributed by atoms with van der Waals surface area (Å²) in [7, 11) is 0. The van der Waals surface area contributed by atoms with Gasteiger partial charge in [-0.2, -0.15) is 10.1 Å². The first-order chi connectivity index (χ1) is 12.2. The minimum Gasteiger partial charge on any atom is -0.392 e. The van der Waals surface area contributed by atoms with E-state index < -0.39 is 0 Å². The van der Waals surface area contributed by atoms with Crippen molar-refractivity contribution in [1.29, 1.82) is 0 Å². The molecule has 5 N–H and O–H groups in total. The molecule has 2 aromatic carbocycles. The van der Waals surface area contributed by atoms with Gasteiger partial charge in [-0.3, -0.25) is 5.10 Å². The van der Waals surface area contributed by atoms with Gasteiger partial charge in [0.15, 0.2) is 0 Å². The van der Waals surface area contributed by atoms with Crippen molar-refractivity contribution in [3.63, 3.8) is 0 Å². The first kappa shape index (κ1) is 15.1. The second-order valence-corrected chi connectivity index (χ2v) is 5.62. The Labute approximate surface area is 143 Å². The van der Waals surface area contributed by atoms with Crippen LogP contribution in [0.15, 0.2) is 54.7 Å². The molecule has 4 aromatic rings. The number of aromatic amines is 1. The average Bonchev–Trinajstić information content (AvgIpc) is 3.05. The van der Waals surface area contributed by atoms with E-state index in [1.807, 2.05) is 42.5 Å². The van der Waals surface area contributed by atoms with Gasteiger partial charge in [-0.05, 0) is 35.9 Å². The summed E-state index contributed by atoms with van der Waals surface area (Å²) in [6.45, 7) is -0.00185. The van der Waals surface area contributed by atoms with E-state index >= 15 is 0 Å². The molecular formula is C18H16N6O. The summed E-state index contributed by atoms with van der Waals surface area (Å²) in [5, 5.41) is 21.0. The van der Waals surface area contributed by atoms with E-state index in [2.05, 4.69) is 25.5 Å². The van der Waals surface area contributed by atoms with E-state index in [1.54, 1.807) is 12.3 Å². The van der Waals surface area contributed by atoms with Crippen molar-refractivity contribution in [1.82, 2.24) is 20.2 Å². The molecule has 0 bridgehead atoms. The van der Waals surface area contributed by atoms with Gasteiger partial charge in [0.25, 0.3) is 0 Å². The Hall–Kier alpha value is -3.45. The van der Waals surface area contributed by atoms with E-state index in [4.69, 9.17) is 5.73 Å². The van der Waals surface area contributed by atoms with E-state index in [0.717, 1.165) is 33.4 Å². The number of anilines is 3. The third-order valence-electron chi connectivity index (χ3n) is 3.89. The number of nitrogens with one attached hydrogen (secondary N) is 2. The van der Waals surface area contributed by atoms with Crippen molar-refractivity contribution in [3.8, 4) is 11.3 Å². The van der Waals surface area contributed by atoms with Gasteiger partial charge in [0.05, 0.1) is 17.8 Å². The Morgan fingerprint density at radius 2 is 2.04 bits per heavy atom. The zero-order valence-corrected chi connectivity index (χ0v) is 13.3. The average molecular weight is 332 g/mol. The van der Waals surface area contributed by atoms with Crippen LogP contribution in [-0.2, 0) is 6.61 Å². The van der Waals surface area contributed by atoms with Crippen molar-refractivity contribution in [2.75, 3.05) is 11.1 Å². The van der Waals surface area contributed by atoms with Crippen molar-refractivity contribution in [3.05, 3.63) is 60.3 Å². The third-order valence-corrected chi connectivity index (χ3v) is 3.89. The number of H-pyrrole nitrogens is 1. The Morgan fingerprint density at radius 3 is 2.88 bits per heavy atom. The number of aromatic nitrogens is 4. The van der Waals surface area contributed by atoms with Crippen LogP contribution in [0.5, 0.6) is 0 Å². The zero-order valence-electron chi connectivity index (χ0n) is 13.3. The van der Waals surface area contributed by atoms with Gasteiger partial charge in [-0.1, -0.05) is 18.2 Å². The molecule has 0 amide bonds. The molecule has 2 heterocycles. The fourth-order valence-electron chi connectivity index (χ4n) is 2.72. The number of nitrogens with two attached hydrogens (primary N) is 1. The first-order valence-electron chi connectivity index (χ1n) is 7.77. The third kappa shape index (κ3) is 3.00. The van der Waals surface area contributed by atoms with Gasteiger partial charge in [-0.25, -0.2) is 4.98 Å². The number of aliphatic hydroxyl groups is 1. The molecule has 7 nitrogen and oxygen atoms in total. The summed E-state index contributed by atoms with van der Waals surface area (Å²) < 4.78 is 0. The molecule has 4 rings (SSSR count). The SMILES string of the molecule is Nc1nccc(Nc2ccc3[nH]nc(-c4cccc(CO)c4)c3c2)n1. The molecule has 124 valence electrons. The highest BCUT2D eigenvalue weighted by Gasteiger charge is 2.10. The van der Waals surface area contributed by atoms with Gasteiger partial charge in [0.1, 0.15) is 5.82 Å². The Balaban J connectivity index is 1.74. The number of nitrogen functional groups attached to an aromatic ring is 1. The highest BCUT2D eigenvalue weighted by atomic mass is 16.3. The fraction of sp³-hybridized carbons (Fsp3) is 0.0556. The molecule has 0 radical (unpaired) electrons. The summed E-state index contributed by atoms with van der Waals surface area (Å²) in [6, 6.07) is 15.3. The summed E-state index contributed by atoms with van der Waals surface area (Å²) >= 11 is 0. The number of hydrogen-bond donors (Lipinski definition) is 4.